The largest absolute Gasteiger partial charge is 0.293 e. The summed E-state index contributed by atoms with van der Waals surface area (Å²) in [6.45, 7) is 0.993. The molecule has 0 saturated carbocycles. The molecule has 0 spiro atoms. The van der Waals surface area contributed by atoms with Gasteiger partial charge in [-0.2, -0.15) is 0 Å². The summed E-state index contributed by atoms with van der Waals surface area (Å²) < 4.78 is 16.1. The van der Waals surface area contributed by atoms with Crippen LogP contribution in [0, 0.1) is 5.82 Å². The Morgan fingerprint density at radius 3 is 2.66 bits per heavy atom. The maximum absolute atomic E-state index is 15.0. The van der Waals surface area contributed by atoms with Crippen LogP contribution in [0.4, 0.5) is 10.1 Å². The van der Waals surface area contributed by atoms with Gasteiger partial charge < -0.3 is 0 Å². The van der Waals surface area contributed by atoms with Crippen LogP contribution in [0.1, 0.15) is 36.3 Å². The molecule has 2 nitrogen and oxygen atoms in total. The van der Waals surface area contributed by atoms with Crippen LogP contribution in [-0.4, -0.2) is 29.7 Å². The third kappa shape index (κ3) is 3.56. The highest BCUT2D eigenvalue weighted by molar-refractivity contribution is 9.10. The maximum atomic E-state index is 15.0. The molecule has 1 saturated heterocycles. The third-order valence-electron chi connectivity index (χ3n) is 7.15. The lowest BCUT2D eigenvalue weighted by atomic mass is 9.91. The van der Waals surface area contributed by atoms with Crippen LogP contribution in [0.5, 0.6) is 0 Å². The van der Waals surface area contributed by atoms with Crippen molar-refractivity contribution in [2.45, 2.75) is 37.3 Å². The van der Waals surface area contributed by atoms with Crippen LogP contribution in [0.3, 0.4) is 0 Å². The fraction of sp³-hybridized carbons (Fsp3) is 0.250. The number of hydrogen-bond donors (Lipinski definition) is 0. The van der Waals surface area contributed by atoms with Gasteiger partial charge in [-0.15, -0.1) is 0 Å². The number of nitrogens with zero attached hydrogens (tertiary/aromatic N) is 2. The van der Waals surface area contributed by atoms with Gasteiger partial charge in [-0.1, -0.05) is 64.5 Å². The molecule has 1 fully saturated rings. The molecule has 0 radical (unpaired) electrons. The summed E-state index contributed by atoms with van der Waals surface area (Å²) in [6, 6.07) is 22.8. The zero-order valence-electron chi connectivity index (χ0n) is 17.7. The average Bonchev–Trinajstić information content (AvgIpc) is 3.30. The molecule has 6 rings (SSSR count). The Bertz CT molecular complexity index is 1230. The van der Waals surface area contributed by atoms with Gasteiger partial charge in [0.1, 0.15) is 5.82 Å². The first-order valence-electron chi connectivity index (χ1n) is 11.3. The minimum Gasteiger partial charge on any atom is -0.293 e. The van der Waals surface area contributed by atoms with Crippen molar-refractivity contribution in [3.05, 3.63) is 94.2 Å². The van der Waals surface area contributed by atoms with E-state index in [0.29, 0.717) is 23.6 Å². The molecule has 0 aromatic heterocycles. The van der Waals surface area contributed by atoms with Crippen LogP contribution in [-0.2, 0) is 0 Å². The SMILES string of the molecule is Fc1cc(C2=CC3CCC(C2)N3CC2C=Nc3ccc(Br)cc32)ccc1-c1ccccc1. The summed E-state index contributed by atoms with van der Waals surface area (Å²) in [5.74, 6) is 0.192. The van der Waals surface area contributed by atoms with E-state index in [9.17, 15) is 4.39 Å². The van der Waals surface area contributed by atoms with Gasteiger partial charge in [-0.3, -0.25) is 9.89 Å². The van der Waals surface area contributed by atoms with Crippen LogP contribution in [0.25, 0.3) is 16.7 Å². The second kappa shape index (κ2) is 8.09. The third-order valence-corrected chi connectivity index (χ3v) is 7.65. The van der Waals surface area contributed by atoms with E-state index in [4.69, 9.17) is 0 Å². The summed E-state index contributed by atoms with van der Waals surface area (Å²) >= 11 is 3.60. The van der Waals surface area contributed by atoms with Crippen LogP contribution < -0.4 is 0 Å². The monoisotopic (exact) mass is 486 g/mol. The highest BCUT2D eigenvalue weighted by Gasteiger charge is 2.38. The lowest BCUT2D eigenvalue weighted by Crippen LogP contribution is -2.41. The summed E-state index contributed by atoms with van der Waals surface area (Å²) in [4.78, 5) is 7.28. The first-order valence-corrected chi connectivity index (χ1v) is 12.1. The zero-order chi connectivity index (χ0) is 21.7. The Hall–Kier alpha value is -2.56. The summed E-state index contributed by atoms with van der Waals surface area (Å²) in [6.07, 6.45) is 7.84. The lowest BCUT2D eigenvalue weighted by molar-refractivity contribution is 0.211. The second-order valence-electron chi connectivity index (χ2n) is 9.04. The molecule has 3 aromatic carbocycles. The van der Waals surface area contributed by atoms with Gasteiger partial charge in [0.05, 0.1) is 5.69 Å². The van der Waals surface area contributed by atoms with Crippen LogP contribution in [0.2, 0.25) is 0 Å². The number of fused-ring (bicyclic) bond motifs is 3. The Labute approximate surface area is 196 Å². The quantitative estimate of drug-likeness (QED) is 0.375. The van der Waals surface area contributed by atoms with E-state index < -0.39 is 0 Å². The maximum Gasteiger partial charge on any atom is 0.131 e. The van der Waals surface area contributed by atoms with E-state index in [1.54, 1.807) is 6.07 Å². The highest BCUT2D eigenvalue weighted by atomic mass is 79.9. The molecule has 160 valence electrons. The fourth-order valence-corrected chi connectivity index (χ4v) is 5.93. The minimum atomic E-state index is -0.145. The Balaban J connectivity index is 1.23. The summed E-state index contributed by atoms with van der Waals surface area (Å²) in [5.41, 5.74) is 6.30. The number of rotatable bonds is 4. The average molecular weight is 487 g/mol. The van der Waals surface area contributed by atoms with Gasteiger partial charge in [-0.25, -0.2) is 4.39 Å². The normalized spacial score (nSPS) is 23.9. The minimum absolute atomic E-state index is 0.145. The van der Waals surface area contributed by atoms with Crippen LogP contribution in [0.15, 0.2) is 82.3 Å². The molecule has 4 heteroatoms. The van der Waals surface area contributed by atoms with Crippen molar-refractivity contribution in [2.24, 2.45) is 4.99 Å². The smallest absolute Gasteiger partial charge is 0.131 e. The van der Waals surface area contributed by atoms with Gasteiger partial charge in [0.15, 0.2) is 0 Å². The second-order valence-corrected chi connectivity index (χ2v) is 9.96. The molecular weight excluding hydrogens is 463 g/mol. The Kier molecular flexibility index (Phi) is 5.08. The van der Waals surface area contributed by atoms with Crippen molar-refractivity contribution in [1.29, 1.82) is 0 Å². The van der Waals surface area contributed by atoms with Gasteiger partial charge in [0.25, 0.3) is 0 Å². The molecule has 3 heterocycles. The summed E-state index contributed by atoms with van der Waals surface area (Å²) in [7, 11) is 0. The van der Waals surface area contributed by atoms with E-state index in [0.717, 1.165) is 34.3 Å². The first kappa shape index (κ1) is 20.1. The van der Waals surface area contributed by atoms with Crippen molar-refractivity contribution >= 4 is 33.4 Å². The van der Waals surface area contributed by atoms with Crippen molar-refractivity contribution < 1.29 is 4.39 Å². The van der Waals surface area contributed by atoms with Gasteiger partial charge in [0, 0.05) is 40.8 Å². The Morgan fingerprint density at radius 2 is 1.84 bits per heavy atom. The molecule has 0 aliphatic carbocycles. The molecule has 3 atom stereocenters. The van der Waals surface area contributed by atoms with Crippen molar-refractivity contribution in [2.75, 3.05) is 6.54 Å². The van der Waals surface area contributed by atoms with E-state index >= 15 is 0 Å². The molecule has 3 aliphatic rings. The summed E-state index contributed by atoms with van der Waals surface area (Å²) in [5, 5.41) is 0. The molecule has 3 aromatic rings. The molecule has 2 bridgehead atoms. The molecule has 3 unspecified atom stereocenters. The molecule has 0 amide bonds. The van der Waals surface area contributed by atoms with E-state index in [-0.39, 0.29) is 5.82 Å². The molecule has 32 heavy (non-hydrogen) atoms. The van der Waals surface area contributed by atoms with Gasteiger partial charge >= 0.3 is 0 Å². The van der Waals surface area contributed by atoms with Crippen LogP contribution >= 0.6 is 15.9 Å². The van der Waals surface area contributed by atoms with Gasteiger partial charge in [0.2, 0.25) is 0 Å². The molecule has 3 aliphatic heterocycles. The predicted molar refractivity (Wildman–Crippen MR) is 133 cm³/mol. The predicted octanol–water partition coefficient (Wildman–Crippen LogP) is 7.38. The zero-order valence-corrected chi connectivity index (χ0v) is 19.3. The number of hydrogen-bond acceptors (Lipinski definition) is 2. The van der Waals surface area contributed by atoms with Crippen molar-refractivity contribution in [3.8, 4) is 11.1 Å². The fourth-order valence-electron chi connectivity index (χ4n) is 5.55. The Morgan fingerprint density at radius 1 is 0.969 bits per heavy atom. The van der Waals surface area contributed by atoms with Crippen molar-refractivity contribution in [1.82, 2.24) is 4.90 Å². The molecular formula is C28H24BrFN2. The topological polar surface area (TPSA) is 15.6 Å². The van der Waals surface area contributed by atoms with Gasteiger partial charge in [-0.05, 0) is 65.8 Å². The number of aliphatic imine (C=N–C) groups is 1. The van der Waals surface area contributed by atoms with E-state index in [2.05, 4.69) is 62.4 Å². The standard InChI is InChI=1S/C28H24BrFN2/c29-22-7-11-28-26(15-22)21(16-31-28)17-32-23-8-9-24(32)13-20(12-23)19-6-10-25(27(30)14-19)18-4-2-1-3-5-18/h1-7,10-12,14-16,21,23-24H,8-9,13,17H2. The van der Waals surface area contributed by atoms with E-state index in [1.807, 2.05) is 36.4 Å². The van der Waals surface area contributed by atoms with E-state index in [1.165, 1.54) is 24.0 Å². The van der Waals surface area contributed by atoms with Crippen molar-refractivity contribution in [3.63, 3.8) is 0 Å². The lowest BCUT2D eigenvalue weighted by Gasteiger charge is -2.35. The first-order chi connectivity index (χ1) is 15.7. The number of benzene rings is 3. The highest BCUT2D eigenvalue weighted by Crippen LogP contribution is 2.42. The molecule has 0 N–H and O–H groups in total. The number of halogens is 2.